The minimum Gasteiger partial charge on any atom is -0.380 e. The van der Waals surface area contributed by atoms with Crippen molar-refractivity contribution in [2.24, 2.45) is 0 Å². The summed E-state index contributed by atoms with van der Waals surface area (Å²) in [7, 11) is 1.74. The number of aryl methyl sites for hydroxylation is 3. The maximum absolute atomic E-state index is 5.24. The molecule has 2 heteroatoms. The fraction of sp³-hybridized carbons (Fsp3) is 0.385. The molecule has 0 spiro atoms. The lowest BCUT2D eigenvalue weighted by molar-refractivity contribution is 0.185. The van der Waals surface area contributed by atoms with Crippen molar-refractivity contribution in [3.05, 3.63) is 34.5 Å². The van der Waals surface area contributed by atoms with Crippen LogP contribution in [0.1, 0.15) is 22.4 Å². The number of hydrogen-bond acceptors (Lipinski definition) is 1. The summed E-state index contributed by atoms with van der Waals surface area (Å²) in [5, 5.41) is 1.32. The van der Waals surface area contributed by atoms with E-state index in [2.05, 4.69) is 37.9 Å². The molecular weight excluding hydrogens is 186 g/mol. The van der Waals surface area contributed by atoms with E-state index in [4.69, 9.17) is 4.74 Å². The third-order valence-corrected chi connectivity index (χ3v) is 2.85. The van der Waals surface area contributed by atoms with Crippen LogP contribution in [0, 0.1) is 20.8 Å². The van der Waals surface area contributed by atoms with Crippen LogP contribution < -0.4 is 0 Å². The van der Waals surface area contributed by atoms with Gasteiger partial charge < -0.3 is 9.72 Å². The first-order valence-electron chi connectivity index (χ1n) is 5.21. The molecule has 2 nitrogen and oxygen atoms in total. The summed E-state index contributed by atoms with van der Waals surface area (Å²) in [4.78, 5) is 3.41. The van der Waals surface area contributed by atoms with Gasteiger partial charge in [-0.15, -0.1) is 0 Å². The van der Waals surface area contributed by atoms with Gasteiger partial charge in [-0.1, -0.05) is 6.07 Å². The lowest BCUT2D eigenvalue weighted by atomic mass is 10.0. The van der Waals surface area contributed by atoms with Crippen LogP contribution in [-0.2, 0) is 11.3 Å². The van der Waals surface area contributed by atoms with Gasteiger partial charge in [0.15, 0.2) is 0 Å². The average Bonchev–Trinajstić information content (AvgIpc) is 2.43. The fourth-order valence-corrected chi connectivity index (χ4v) is 2.26. The Labute approximate surface area is 90.3 Å². The van der Waals surface area contributed by atoms with Crippen LogP contribution in [0.3, 0.4) is 0 Å². The standard InChI is InChI=1S/C13H17NO/c1-8-5-9(2)13-11(7-15-4)10(3)14-12(13)6-8/h5-6,14H,7H2,1-4H3. The van der Waals surface area contributed by atoms with E-state index in [1.807, 2.05) is 0 Å². The zero-order valence-electron chi connectivity index (χ0n) is 9.77. The van der Waals surface area contributed by atoms with E-state index in [1.54, 1.807) is 7.11 Å². The summed E-state index contributed by atoms with van der Waals surface area (Å²) in [6, 6.07) is 4.41. The second-order valence-electron chi connectivity index (χ2n) is 4.17. The Morgan fingerprint density at radius 3 is 2.60 bits per heavy atom. The van der Waals surface area contributed by atoms with Crippen LogP contribution in [0.4, 0.5) is 0 Å². The Morgan fingerprint density at radius 1 is 1.20 bits per heavy atom. The normalized spacial score (nSPS) is 11.2. The van der Waals surface area contributed by atoms with E-state index in [0.717, 1.165) is 0 Å². The highest BCUT2D eigenvalue weighted by Gasteiger charge is 2.10. The maximum atomic E-state index is 5.24. The van der Waals surface area contributed by atoms with E-state index in [-0.39, 0.29) is 0 Å². The van der Waals surface area contributed by atoms with E-state index >= 15 is 0 Å². The summed E-state index contributed by atoms with van der Waals surface area (Å²) in [6.07, 6.45) is 0. The number of ether oxygens (including phenoxy) is 1. The predicted octanol–water partition coefficient (Wildman–Crippen LogP) is 3.24. The van der Waals surface area contributed by atoms with E-state index in [0.29, 0.717) is 6.61 Å². The summed E-state index contributed by atoms with van der Waals surface area (Å²) >= 11 is 0. The summed E-state index contributed by atoms with van der Waals surface area (Å²) in [6.45, 7) is 7.05. The van der Waals surface area contributed by atoms with Gasteiger partial charge in [-0.3, -0.25) is 0 Å². The number of nitrogens with one attached hydrogen (secondary N) is 1. The minimum atomic E-state index is 0.676. The largest absolute Gasteiger partial charge is 0.380 e. The topological polar surface area (TPSA) is 25.0 Å². The molecule has 0 fully saturated rings. The molecule has 1 aromatic carbocycles. The monoisotopic (exact) mass is 203 g/mol. The number of rotatable bonds is 2. The molecule has 1 heterocycles. The zero-order chi connectivity index (χ0) is 11.0. The Hall–Kier alpha value is -1.28. The van der Waals surface area contributed by atoms with Gasteiger partial charge in [0.25, 0.3) is 0 Å². The van der Waals surface area contributed by atoms with E-state index in [1.165, 1.54) is 33.3 Å². The van der Waals surface area contributed by atoms with E-state index < -0.39 is 0 Å². The van der Waals surface area contributed by atoms with Gasteiger partial charge in [-0.05, 0) is 38.0 Å². The molecule has 0 aliphatic heterocycles. The maximum Gasteiger partial charge on any atom is 0.0736 e. The third-order valence-electron chi connectivity index (χ3n) is 2.85. The zero-order valence-corrected chi connectivity index (χ0v) is 9.77. The molecule has 2 rings (SSSR count). The van der Waals surface area contributed by atoms with Crippen molar-refractivity contribution in [3.8, 4) is 0 Å². The summed E-state index contributed by atoms with van der Waals surface area (Å²) in [5.74, 6) is 0. The molecule has 2 aromatic rings. The lowest BCUT2D eigenvalue weighted by Gasteiger charge is -2.03. The highest BCUT2D eigenvalue weighted by Crippen LogP contribution is 2.27. The Balaban J connectivity index is 2.75. The summed E-state index contributed by atoms with van der Waals surface area (Å²) in [5.41, 5.74) is 6.33. The number of H-pyrrole nitrogens is 1. The van der Waals surface area contributed by atoms with Crippen molar-refractivity contribution in [2.75, 3.05) is 7.11 Å². The van der Waals surface area contributed by atoms with Crippen LogP contribution in [0.25, 0.3) is 10.9 Å². The van der Waals surface area contributed by atoms with Gasteiger partial charge >= 0.3 is 0 Å². The van der Waals surface area contributed by atoms with Crippen LogP contribution >= 0.6 is 0 Å². The predicted molar refractivity (Wildman–Crippen MR) is 63.2 cm³/mol. The Morgan fingerprint density at radius 2 is 1.93 bits per heavy atom. The van der Waals surface area contributed by atoms with Crippen molar-refractivity contribution in [1.82, 2.24) is 4.98 Å². The second kappa shape index (κ2) is 3.70. The van der Waals surface area contributed by atoms with Crippen molar-refractivity contribution in [1.29, 1.82) is 0 Å². The number of hydrogen-bond donors (Lipinski definition) is 1. The lowest BCUT2D eigenvalue weighted by Crippen LogP contribution is -1.89. The molecule has 1 aromatic heterocycles. The Kier molecular flexibility index (Phi) is 2.53. The molecule has 0 aliphatic rings. The van der Waals surface area contributed by atoms with Crippen molar-refractivity contribution < 1.29 is 4.74 Å². The molecule has 0 amide bonds. The van der Waals surface area contributed by atoms with Gasteiger partial charge in [0.05, 0.1) is 6.61 Å². The first-order chi connectivity index (χ1) is 7.13. The highest BCUT2D eigenvalue weighted by atomic mass is 16.5. The third kappa shape index (κ3) is 1.65. The molecule has 0 radical (unpaired) electrons. The number of fused-ring (bicyclic) bond motifs is 1. The molecule has 0 saturated carbocycles. The van der Waals surface area contributed by atoms with Gasteiger partial charge in [0, 0.05) is 29.3 Å². The number of aromatic amines is 1. The van der Waals surface area contributed by atoms with Gasteiger partial charge in [-0.2, -0.15) is 0 Å². The number of benzene rings is 1. The molecule has 0 atom stereocenters. The first kappa shape index (κ1) is 10.2. The van der Waals surface area contributed by atoms with Gasteiger partial charge in [-0.25, -0.2) is 0 Å². The second-order valence-corrected chi connectivity index (χ2v) is 4.17. The molecule has 0 unspecified atom stereocenters. The minimum absolute atomic E-state index is 0.676. The highest BCUT2D eigenvalue weighted by molar-refractivity contribution is 5.88. The van der Waals surface area contributed by atoms with Crippen LogP contribution in [0.5, 0.6) is 0 Å². The SMILES string of the molecule is COCc1c(C)[nH]c2cc(C)cc(C)c12. The molecule has 80 valence electrons. The molecule has 0 saturated heterocycles. The number of aromatic nitrogens is 1. The number of methoxy groups -OCH3 is 1. The van der Waals surface area contributed by atoms with Crippen LogP contribution in [-0.4, -0.2) is 12.1 Å². The smallest absolute Gasteiger partial charge is 0.0736 e. The van der Waals surface area contributed by atoms with Crippen LogP contribution in [0.2, 0.25) is 0 Å². The van der Waals surface area contributed by atoms with Crippen LogP contribution in [0.15, 0.2) is 12.1 Å². The van der Waals surface area contributed by atoms with Gasteiger partial charge in [0.1, 0.15) is 0 Å². The molecular formula is C13H17NO. The van der Waals surface area contributed by atoms with Crippen molar-refractivity contribution in [2.45, 2.75) is 27.4 Å². The van der Waals surface area contributed by atoms with Gasteiger partial charge in [0.2, 0.25) is 0 Å². The summed E-state index contributed by atoms with van der Waals surface area (Å²) < 4.78 is 5.24. The van der Waals surface area contributed by atoms with Crippen molar-refractivity contribution in [3.63, 3.8) is 0 Å². The first-order valence-corrected chi connectivity index (χ1v) is 5.21. The molecule has 15 heavy (non-hydrogen) atoms. The molecule has 1 N–H and O–H groups in total. The molecule has 0 aliphatic carbocycles. The average molecular weight is 203 g/mol. The quantitative estimate of drug-likeness (QED) is 0.796. The fourth-order valence-electron chi connectivity index (χ4n) is 2.26. The Bertz CT molecular complexity index is 497. The molecule has 0 bridgehead atoms. The van der Waals surface area contributed by atoms with Crippen molar-refractivity contribution >= 4 is 10.9 Å². The van der Waals surface area contributed by atoms with E-state index in [9.17, 15) is 0 Å².